The lowest BCUT2D eigenvalue weighted by Crippen LogP contribution is -2.40. The van der Waals surface area contributed by atoms with Gasteiger partial charge in [-0.05, 0) is 79.4 Å². The molecule has 1 nitrogen and oxygen atoms in total. The van der Waals surface area contributed by atoms with E-state index in [4.69, 9.17) is 0 Å². The Morgan fingerprint density at radius 3 is 1.79 bits per heavy atom. The fraction of sp³-hybridized carbons (Fsp3) is 0.652. The topological polar surface area (TPSA) is 20.2 Å². The molecule has 0 bridgehead atoms. The summed E-state index contributed by atoms with van der Waals surface area (Å²) in [5, 5.41) is 9.53. The lowest BCUT2D eigenvalue weighted by Gasteiger charge is -2.46. The van der Waals surface area contributed by atoms with Gasteiger partial charge in [0.1, 0.15) is 0 Å². The highest BCUT2D eigenvalue weighted by Gasteiger charge is 2.52. The highest BCUT2D eigenvalue weighted by molar-refractivity contribution is 5.22. The quantitative estimate of drug-likeness (QED) is 0.727. The van der Waals surface area contributed by atoms with Crippen molar-refractivity contribution >= 4 is 0 Å². The molecule has 0 aromatic heterocycles. The van der Waals surface area contributed by atoms with Crippen LogP contribution >= 0.6 is 0 Å². The van der Waals surface area contributed by atoms with E-state index in [1.54, 1.807) is 0 Å². The van der Waals surface area contributed by atoms with E-state index in [1.807, 2.05) is 0 Å². The average molecular weight is 325 g/mol. The molecule has 4 aliphatic carbocycles. The zero-order valence-corrected chi connectivity index (χ0v) is 15.0. The molecule has 4 rings (SSSR count). The predicted octanol–water partition coefficient (Wildman–Crippen LogP) is 5.30. The van der Waals surface area contributed by atoms with Crippen LogP contribution in [0.25, 0.3) is 0 Å². The number of allylic oxidation sites excluding steroid dienone is 8. The molecule has 2 fully saturated rings. The first-order chi connectivity index (χ1) is 11.7. The number of rotatable bonds is 5. The molecule has 1 heteroatoms. The molecule has 4 aliphatic rings. The Balaban J connectivity index is 1.63. The molecule has 6 atom stereocenters. The Kier molecular flexibility index (Phi) is 4.56. The number of fused-ring (bicyclic) bond motifs is 2. The van der Waals surface area contributed by atoms with Crippen molar-refractivity contribution in [2.24, 2.45) is 40.9 Å². The molecule has 2 saturated carbocycles. The molecule has 1 N–H and O–H groups in total. The van der Waals surface area contributed by atoms with Gasteiger partial charge in [-0.15, -0.1) is 0 Å². The molecular formula is C23H32O. The molecule has 0 radical (unpaired) electrons. The van der Waals surface area contributed by atoms with Gasteiger partial charge in [-0.2, -0.15) is 0 Å². The maximum atomic E-state index is 9.53. The minimum atomic E-state index is 0.336. The van der Waals surface area contributed by atoms with Gasteiger partial charge in [0.15, 0.2) is 0 Å². The zero-order valence-electron chi connectivity index (χ0n) is 15.0. The van der Waals surface area contributed by atoms with E-state index in [0.717, 1.165) is 41.9 Å². The van der Waals surface area contributed by atoms with Gasteiger partial charge in [-0.3, -0.25) is 0 Å². The second kappa shape index (κ2) is 6.67. The van der Waals surface area contributed by atoms with Crippen LogP contribution in [-0.2, 0) is 0 Å². The first-order valence-corrected chi connectivity index (χ1v) is 10.0. The average Bonchev–Trinajstić information content (AvgIpc) is 3.24. The Morgan fingerprint density at radius 1 is 0.792 bits per heavy atom. The fourth-order valence-electron chi connectivity index (χ4n) is 6.56. The van der Waals surface area contributed by atoms with Crippen LogP contribution in [0.5, 0.6) is 0 Å². The highest BCUT2D eigenvalue weighted by atomic mass is 16.2. The Labute approximate surface area is 147 Å². The van der Waals surface area contributed by atoms with Gasteiger partial charge in [0.05, 0.1) is 0 Å². The Bertz CT molecular complexity index is 523. The van der Waals surface area contributed by atoms with Crippen molar-refractivity contribution in [1.29, 1.82) is 0 Å². The molecule has 24 heavy (non-hydrogen) atoms. The van der Waals surface area contributed by atoms with Gasteiger partial charge in [0.25, 0.3) is 0 Å². The summed E-state index contributed by atoms with van der Waals surface area (Å²) in [5.41, 5.74) is 0.354. The second-order valence-electron chi connectivity index (χ2n) is 8.72. The van der Waals surface area contributed by atoms with Crippen molar-refractivity contribution in [2.45, 2.75) is 45.4 Å². The maximum absolute atomic E-state index is 9.53. The van der Waals surface area contributed by atoms with Crippen LogP contribution in [0.4, 0.5) is 0 Å². The summed E-state index contributed by atoms with van der Waals surface area (Å²) in [6.07, 6.45) is 26.4. The minimum Gasteiger partial charge on any atom is -0.396 e. The molecule has 0 saturated heterocycles. The molecule has 0 aromatic rings. The standard InChI is InChI=1S/C23H32O/c1-23(15-6-16-24,21-13-11-17-7-2-4-9-19(17)21)22-14-12-18-8-3-5-10-20(18)22/h2-5,7-10,17-22,24H,6,11-16H2,1H3. The van der Waals surface area contributed by atoms with E-state index < -0.39 is 0 Å². The van der Waals surface area contributed by atoms with E-state index in [2.05, 4.69) is 55.5 Å². The summed E-state index contributed by atoms with van der Waals surface area (Å²) < 4.78 is 0. The van der Waals surface area contributed by atoms with Gasteiger partial charge < -0.3 is 5.11 Å². The van der Waals surface area contributed by atoms with Gasteiger partial charge in [-0.1, -0.05) is 55.5 Å². The van der Waals surface area contributed by atoms with Crippen molar-refractivity contribution in [3.63, 3.8) is 0 Å². The molecule has 0 aromatic carbocycles. The summed E-state index contributed by atoms with van der Waals surface area (Å²) in [7, 11) is 0. The Morgan fingerprint density at radius 2 is 1.29 bits per heavy atom. The fourth-order valence-corrected chi connectivity index (χ4v) is 6.56. The third kappa shape index (κ3) is 2.65. The molecule has 0 amide bonds. The summed E-state index contributed by atoms with van der Waals surface area (Å²) in [6.45, 7) is 2.91. The van der Waals surface area contributed by atoms with Crippen LogP contribution in [0, 0.1) is 40.9 Å². The van der Waals surface area contributed by atoms with E-state index >= 15 is 0 Å². The molecule has 0 heterocycles. The molecule has 0 spiro atoms. The first-order valence-electron chi connectivity index (χ1n) is 10.0. The van der Waals surface area contributed by atoms with Crippen LogP contribution in [0.2, 0.25) is 0 Å². The van der Waals surface area contributed by atoms with E-state index in [9.17, 15) is 5.11 Å². The van der Waals surface area contributed by atoms with E-state index in [1.165, 1.54) is 32.1 Å². The van der Waals surface area contributed by atoms with Gasteiger partial charge in [0.2, 0.25) is 0 Å². The lowest BCUT2D eigenvalue weighted by atomic mass is 9.58. The second-order valence-corrected chi connectivity index (χ2v) is 8.72. The third-order valence-electron chi connectivity index (χ3n) is 7.71. The van der Waals surface area contributed by atoms with Gasteiger partial charge in [-0.25, -0.2) is 0 Å². The zero-order chi connectivity index (χ0) is 16.6. The van der Waals surface area contributed by atoms with Crippen LogP contribution in [0.15, 0.2) is 48.6 Å². The van der Waals surface area contributed by atoms with Crippen molar-refractivity contribution in [3.8, 4) is 0 Å². The van der Waals surface area contributed by atoms with Crippen molar-refractivity contribution in [3.05, 3.63) is 48.6 Å². The van der Waals surface area contributed by atoms with E-state index in [0.29, 0.717) is 12.0 Å². The minimum absolute atomic E-state index is 0.336. The number of aliphatic hydroxyl groups is 1. The smallest absolute Gasteiger partial charge is 0.0431 e. The summed E-state index contributed by atoms with van der Waals surface area (Å²) in [5.74, 6) is 4.51. The van der Waals surface area contributed by atoms with E-state index in [-0.39, 0.29) is 0 Å². The van der Waals surface area contributed by atoms with Crippen molar-refractivity contribution in [2.75, 3.05) is 6.61 Å². The van der Waals surface area contributed by atoms with Crippen LogP contribution in [0.3, 0.4) is 0 Å². The molecule has 130 valence electrons. The lowest BCUT2D eigenvalue weighted by molar-refractivity contribution is 0.0375. The van der Waals surface area contributed by atoms with Crippen molar-refractivity contribution in [1.82, 2.24) is 0 Å². The number of hydrogen-bond donors (Lipinski definition) is 1. The monoisotopic (exact) mass is 324 g/mol. The SMILES string of the molecule is CC(CCCO)(C1CCC2C=CC=CC21)C1CCC2C=CC=CC21. The molecule has 0 aliphatic heterocycles. The largest absolute Gasteiger partial charge is 0.396 e. The maximum Gasteiger partial charge on any atom is 0.0431 e. The number of aliphatic hydroxyl groups excluding tert-OH is 1. The Hall–Kier alpha value is -1.08. The highest BCUT2D eigenvalue weighted by Crippen LogP contribution is 2.60. The molecule has 6 unspecified atom stereocenters. The van der Waals surface area contributed by atoms with Crippen molar-refractivity contribution < 1.29 is 5.11 Å². The summed E-state index contributed by atoms with van der Waals surface area (Å²) in [4.78, 5) is 0. The van der Waals surface area contributed by atoms with Crippen LogP contribution < -0.4 is 0 Å². The van der Waals surface area contributed by atoms with Crippen LogP contribution in [-0.4, -0.2) is 11.7 Å². The first kappa shape index (κ1) is 16.4. The normalized spacial score (nSPS) is 42.1. The number of hydrogen-bond acceptors (Lipinski definition) is 1. The molecular weight excluding hydrogens is 292 g/mol. The van der Waals surface area contributed by atoms with Crippen LogP contribution in [0.1, 0.15) is 45.4 Å². The van der Waals surface area contributed by atoms with Gasteiger partial charge >= 0.3 is 0 Å². The predicted molar refractivity (Wildman–Crippen MR) is 100 cm³/mol. The van der Waals surface area contributed by atoms with Gasteiger partial charge in [0, 0.05) is 6.61 Å². The summed E-state index contributed by atoms with van der Waals surface area (Å²) >= 11 is 0. The summed E-state index contributed by atoms with van der Waals surface area (Å²) in [6, 6.07) is 0. The third-order valence-corrected chi connectivity index (χ3v) is 7.71.